The van der Waals surface area contributed by atoms with Crippen LogP contribution in [0.3, 0.4) is 0 Å². The van der Waals surface area contributed by atoms with Crippen molar-refractivity contribution in [2.75, 3.05) is 13.2 Å². The van der Waals surface area contributed by atoms with Gasteiger partial charge in [0.05, 0.1) is 10.0 Å². The van der Waals surface area contributed by atoms with Crippen LogP contribution >= 0.6 is 23.2 Å². The molecule has 0 radical (unpaired) electrons. The first-order valence-corrected chi connectivity index (χ1v) is 6.87. The van der Waals surface area contributed by atoms with Crippen molar-refractivity contribution in [3.8, 4) is 11.5 Å². The predicted octanol–water partition coefficient (Wildman–Crippen LogP) is 4.15. The predicted molar refractivity (Wildman–Crippen MR) is 80.9 cm³/mol. The van der Waals surface area contributed by atoms with E-state index in [9.17, 15) is 4.79 Å². The van der Waals surface area contributed by atoms with Gasteiger partial charge in [0, 0.05) is 0 Å². The van der Waals surface area contributed by atoms with Gasteiger partial charge in [-0.2, -0.15) is 0 Å². The fourth-order valence-electron chi connectivity index (χ4n) is 1.68. The summed E-state index contributed by atoms with van der Waals surface area (Å²) in [7, 11) is 0. The molecule has 0 amide bonds. The van der Waals surface area contributed by atoms with Gasteiger partial charge in [0.2, 0.25) is 0 Å². The molecule has 110 valence electrons. The molecule has 0 saturated heterocycles. The van der Waals surface area contributed by atoms with Gasteiger partial charge >= 0.3 is 5.97 Å². The average Bonchev–Trinajstić information content (AvgIpc) is 2.46. The van der Waals surface area contributed by atoms with E-state index in [1.165, 1.54) is 6.07 Å². The summed E-state index contributed by atoms with van der Waals surface area (Å²) in [6, 6.07) is 11.5. The zero-order chi connectivity index (χ0) is 15.2. The van der Waals surface area contributed by atoms with E-state index in [2.05, 4.69) is 0 Å². The molecular weight excluding hydrogens is 315 g/mol. The molecule has 0 fully saturated rings. The van der Waals surface area contributed by atoms with E-state index in [0.29, 0.717) is 21.5 Å². The summed E-state index contributed by atoms with van der Waals surface area (Å²) in [5, 5.41) is 9.85. The number of carboxylic acid groups (broad SMARTS) is 1. The van der Waals surface area contributed by atoms with Crippen LogP contribution in [0.5, 0.6) is 11.5 Å². The van der Waals surface area contributed by atoms with E-state index in [0.717, 1.165) is 0 Å². The fraction of sp³-hybridized carbons (Fsp3) is 0.133. The highest BCUT2D eigenvalue weighted by molar-refractivity contribution is 6.37. The monoisotopic (exact) mass is 326 g/mol. The van der Waals surface area contributed by atoms with E-state index >= 15 is 0 Å². The van der Waals surface area contributed by atoms with Crippen molar-refractivity contribution in [3.63, 3.8) is 0 Å². The Balaban J connectivity index is 1.92. The van der Waals surface area contributed by atoms with Gasteiger partial charge in [-0.15, -0.1) is 0 Å². The number of para-hydroxylation sites is 2. The van der Waals surface area contributed by atoms with Crippen LogP contribution in [0, 0.1) is 0 Å². The van der Waals surface area contributed by atoms with Crippen molar-refractivity contribution >= 4 is 29.2 Å². The molecule has 2 rings (SSSR count). The standard InChI is InChI=1S/C15H12Cl2O4/c16-11-5-3-6-12(17)14(11)21-9-8-20-13-7-2-1-4-10(13)15(18)19/h1-7H,8-9H2,(H,18,19). The summed E-state index contributed by atoms with van der Waals surface area (Å²) in [6.45, 7) is 0.364. The number of aromatic carboxylic acids is 1. The van der Waals surface area contributed by atoms with Crippen molar-refractivity contribution in [1.82, 2.24) is 0 Å². The molecule has 0 unspecified atom stereocenters. The van der Waals surface area contributed by atoms with E-state index in [1.807, 2.05) is 0 Å². The van der Waals surface area contributed by atoms with Gasteiger partial charge in [-0.25, -0.2) is 4.79 Å². The topological polar surface area (TPSA) is 55.8 Å². The Morgan fingerprint density at radius 2 is 1.57 bits per heavy atom. The highest BCUT2D eigenvalue weighted by Gasteiger charge is 2.10. The lowest BCUT2D eigenvalue weighted by molar-refractivity contribution is 0.0691. The first-order valence-electron chi connectivity index (χ1n) is 6.11. The molecule has 2 aromatic carbocycles. The second kappa shape index (κ2) is 7.20. The minimum Gasteiger partial charge on any atom is -0.489 e. The zero-order valence-corrected chi connectivity index (χ0v) is 12.4. The molecule has 6 heteroatoms. The molecule has 4 nitrogen and oxygen atoms in total. The summed E-state index contributed by atoms with van der Waals surface area (Å²) in [5.41, 5.74) is 0.105. The Labute approximate surface area is 131 Å². The number of hydrogen-bond acceptors (Lipinski definition) is 3. The molecule has 0 heterocycles. The van der Waals surface area contributed by atoms with Crippen molar-refractivity contribution in [2.45, 2.75) is 0 Å². The molecule has 0 aliphatic rings. The van der Waals surface area contributed by atoms with E-state index < -0.39 is 5.97 Å². The smallest absolute Gasteiger partial charge is 0.339 e. The highest BCUT2D eigenvalue weighted by Crippen LogP contribution is 2.32. The Bertz CT molecular complexity index is 623. The van der Waals surface area contributed by atoms with E-state index in [1.54, 1.807) is 36.4 Å². The number of ether oxygens (including phenoxy) is 2. The van der Waals surface area contributed by atoms with Gasteiger partial charge in [-0.1, -0.05) is 41.4 Å². The van der Waals surface area contributed by atoms with Gasteiger partial charge in [0.15, 0.2) is 5.75 Å². The summed E-state index contributed by atoms with van der Waals surface area (Å²) >= 11 is 11.9. The molecular formula is C15H12Cl2O4. The van der Waals surface area contributed by atoms with Crippen LogP contribution in [0.25, 0.3) is 0 Å². The maximum Gasteiger partial charge on any atom is 0.339 e. The Morgan fingerprint density at radius 1 is 0.952 bits per heavy atom. The molecule has 0 atom stereocenters. The third-order valence-electron chi connectivity index (χ3n) is 2.62. The molecule has 0 spiro atoms. The number of benzene rings is 2. The molecule has 21 heavy (non-hydrogen) atoms. The molecule has 0 bridgehead atoms. The summed E-state index contributed by atoms with van der Waals surface area (Å²) in [5.74, 6) is -0.365. The minimum atomic E-state index is -1.04. The van der Waals surface area contributed by atoms with Crippen LogP contribution in [0.1, 0.15) is 10.4 Å². The first kappa shape index (κ1) is 15.5. The maximum atomic E-state index is 11.0. The Kier molecular flexibility index (Phi) is 5.31. The largest absolute Gasteiger partial charge is 0.489 e. The van der Waals surface area contributed by atoms with Crippen molar-refractivity contribution in [1.29, 1.82) is 0 Å². The van der Waals surface area contributed by atoms with Crippen LogP contribution in [-0.4, -0.2) is 24.3 Å². The lowest BCUT2D eigenvalue weighted by Gasteiger charge is -2.11. The first-order chi connectivity index (χ1) is 10.1. The SMILES string of the molecule is O=C(O)c1ccccc1OCCOc1c(Cl)cccc1Cl. The molecule has 1 N–H and O–H groups in total. The average molecular weight is 327 g/mol. The molecule has 0 saturated carbocycles. The van der Waals surface area contributed by atoms with Gasteiger partial charge in [0.25, 0.3) is 0 Å². The Morgan fingerprint density at radius 3 is 2.24 bits per heavy atom. The fourth-order valence-corrected chi connectivity index (χ4v) is 2.19. The number of carboxylic acids is 1. The summed E-state index contributed by atoms with van der Waals surface area (Å²) in [4.78, 5) is 11.0. The number of hydrogen-bond donors (Lipinski definition) is 1. The van der Waals surface area contributed by atoms with Crippen LogP contribution in [0.15, 0.2) is 42.5 Å². The minimum absolute atomic E-state index is 0.105. The van der Waals surface area contributed by atoms with Crippen molar-refractivity contribution in [3.05, 3.63) is 58.1 Å². The van der Waals surface area contributed by atoms with Gasteiger partial charge in [-0.3, -0.25) is 0 Å². The van der Waals surface area contributed by atoms with Crippen LogP contribution < -0.4 is 9.47 Å². The second-order valence-electron chi connectivity index (χ2n) is 4.05. The molecule has 0 aliphatic carbocycles. The molecule has 2 aromatic rings. The third-order valence-corrected chi connectivity index (χ3v) is 3.22. The second-order valence-corrected chi connectivity index (χ2v) is 4.86. The molecule has 0 aromatic heterocycles. The summed E-state index contributed by atoms with van der Waals surface area (Å²) < 4.78 is 10.9. The van der Waals surface area contributed by atoms with Gasteiger partial charge in [0.1, 0.15) is 24.5 Å². The van der Waals surface area contributed by atoms with Gasteiger partial charge in [-0.05, 0) is 24.3 Å². The lowest BCUT2D eigenvalue weighted by atomic mass is 10.2. The van der Waals surface area contributed by atoms with Crippen LogP contribution in [0.2, 0.25) is 10.0 Å². The quantitative estimate of drug-likeness (QED) is 0.810. The molecule has 0 aliphatic heterocycles. The summed E-state index contributed by atoms with van der Waals surface area (Å²) in [6.07, 6.45) is 0. The normalized spacial score (nSPS) is 10.2. The van der Waals surface area contributed by atoms with Crippen LogP contribution in [-0.2, 0) is 0 Å². The van der Waals surface area contributed by atoms with Crippen LogP contribution in [0.4, 0.5) is 0 Å². The number of halogens is 2. The highest BCUT2D eigenvalue weighted by atomic mass is 35.5. The maximum absolute atomic E-state index is 11.0. The van der Waals surface area contributed by atoms with Crippen molar-refractivity contribution in [2.24, 2.45) is 0 Å². The zero-order valence-electron chi connectivity index (χ0n) is 10.9. The number of carbonyl (C=O) groups is 1. The Hall–Kier alpha value is -1.91. The third kappa shape index (κ3) is 4.03. The van der Waals surface area contributed by atoms with Crippen molar-refractivity contribution < 1.29 is 19.4 Å². The van der Waals surface area contributed by atoms with E-state index in [4.69, 9.17) is 37.8 Å². The van der Waals surface area contributed by atoms with Gasteiger partial charge < -0.3 is 14.6 Å². The van der Waals surface area contributed by atoms with E-state index in [-0.39, 0.29) is 18.8 Å². The lowest BCUT2D eigenvalue weighted by Crippen LogP contribution is -2.11. The number of rotatable bonds is 6.